The average Bonchev–Trinajstić information content (AvgIpc) is 2.16. The zero-order chi connectivity index (χ0) is 10.7. The van der Waals surface area contributed by atoms with Crippen LogP contribution in [0.15, 0.2) is 6.07 Å². The molecule has 74 valence electrons. The van der Waals surface area contributed by atoms with Gasteiger partial charge < -0.3 is 4.74 Å². The number of methoxy groups -OCH3 is 1. The van der Waals surface area contributed by atoms with E-state index in [-0.39, 0.29) is 11.4 Å². The molecule has 1 aromatic rings. The minimum Gasteiger partial charge on any atom is -0.495 e. The third kappa shape index (κ3) is 2.09. The fourth-order valence-corrected chi connectivity index (χ4v) is 1.41. The molecule has 0 bridgehead atoms. The van der Waals surface area contributed by atoms with Crippen LogP contribution in [0.5, 0.6) is 5.75 Å². The van der Waals surface area contributed by atoms with Gasteiger partial charge in [0.05, 0.1) is 10.7 Å². The van der Waals surface area contributed by atoms with Gasteiger partial charge in [-0.1, -0.05) is 0 Å². The van der Waals surface area contributed by atoms with Crippen LogP contribution >= 0.6 is 22.6 Å². The minimum absolute atomic E-state index is 0.00315. The largest absolute Gasteiger partial charge is 0.495 e. The Balaban J connectivity index is 3.34. The summed E-state index contributed by atoms with van der Waals surface area (Å²) in [5, 5.41) is 8.59. The molecule has 0 aromatic carbocycles. The second-order valence-electron chi connectivity index (χ2n) is 2.32. The molecule has 0 unspecified atom stereocenters. The molecule has 0 aliphatic heterocycles. The van der Waals surface area contributed by atoms with Gasteiger partial charge in [-0.3, -0.25) is 0 Å². The normalized spacial score (nSPS) is 10.0. The quantitative estimate of drug-likeness (QED) is 0.789. The van der Waals surface area contributed by atoms with Crippen LogP contribution in [-0.4, -0.2) is 12.1 Å². The summed E-state index contributed by atoms with van der Waals surface area (Å²) in [7, 11) is 1.28. The van der Waals surface area contributed by atoms with Gasteiger partial charge in [0, 0.05) is 0 Å². The Morgan fingerprint density at radius 2 is 2.29 bits per heavy atom. The summed E-state index contributed by atoms with van der Waals surface area (Å²) in [6.07, 6.45) is -2.74. The molecule has 0 fully saturated rings. The highest BCUT2D eigenvalue weighted by Gasteiger charge is 2.18. The van der Waals surface area contributed by atoms with Crippen molar-refractivity contribution in [2.45, 2.75) is 6.43 Å². The summed E-state index contributed by atoms with van der Waals surface area (Å²) in [5.41, 5.74) is -0.508. The Bertz CT molecular complexity index is 390. The molecule has 1 aromatic heterocycles. The van der Waals surface area contributed by atoms with Gasteiger partial charge in [-0.25, -0.2) is 13.8 Å². The van der Waals surface area contributed by atoms with E-state index in [1.807, 2.05) is 22.6 Å². The molecule has 0 amide bonds. The molecule has 1 heterocycles. The van der Waals surface area contributed by atoms with Crippen molar-refractivity contribution < 1.29 is 13.5 Å². The molecule has 14 heavy (non-hydrogen) atoms. The Morgan fingerprint density at radius 1 is 1.64 bits per heavy atom. The fraction of sp³-hybridized carbons (Fsp3) is 0.250. The van der Waals surface area contributed by atoms with Crippen molar-refractivity contribution in [2.75, 3.05) is 7.11 Å². The number of hydrogen-bond acceptors (Lipinski definition) is 3. The van der Waals surface area contributed by atoms with E-state index in [1.54, 1.807) is 6.07 Å². The van der Waals surface area contributed by atoms with E-state index < -0.39 is 12.1 Å². The number of nitrogens with zero attached hydrogens (tertiary/aromatic N) is 2. The number of halogens is 3. The van der Waals surface area contributed by atoms with Crippen LogP contribution in [0.3, 0.4) is 0 Å². The maximum atomic E-state index is 12.4. The molecule has 0 saturated carbocycles. The summed E-state index contributed by atoms with van der Waals surface area (Å²) in [5.74, 6) is 0.00315. The van der Waals surface area contributed by atoms with Crippen molar-refractivity contribution in [3.8, 4) is 11.8 Å². The summed E-state index contributed by atoms with van der Waals surface area (Å²) >= 11 is 1.84. The van der Waals surface area contributed by atoms with E-state index in [9.17, 15) is 8.78 Å². The predicted octanol–water partition coefficient (Wildman–Crippen LogP) is 2.50. The van der Waals surface area contributed by atoms with E-state index in [0.717, 1.165) is 0 Å². The van der Waals surface area contributed by atoms with Crippen molar-refractivity contribution in [3.63, 3.8) is 0 Å². The van der Waals surface area contributed by atoms with Crippen LogP contribution in [0.1, 0.15) is 17.8 Å². The van der Waals surface area contributed by atoms with Crippen molar-refractivity contribution in [1.82, 2.24) is 4.98 Å². The van der Waals surface area contributed by atoms with E-state index in [4.69, 9.17) is 10.00 Å². The van der Waals surface area contributed by atoms with Crippen LogP contribution < -0.4 is 4.74 Å². The monoisotopic (exact) mass is 310 g/mol. The summed E-state index contributed by atoms with van der Waals surface area (Å²) in [4.78, 5) is 3.52. The standard InChI is InChI=1S/C8H5F2IN2O/c1-14-6-2-4(11)5(3-12)13-7(6)8(9)10/h2,8H,1H3. The first-order valence-corrected chi connectivity index (χ1v) is 4.60. The van der Waals surface area contributed by atoms with Crippen molar-refractivity contribution in [1.29, 1.82) is 5.26 Å². The number of hydrogen-bond donors (Lipinski definition) is 0. The van der Waals surface area contributed by atoms with Crippen LogP contribution in [0, 0.1) is 14.9 Å². The van der Waals surface area contributed by atoms with Crippen LogP contribution in [0.2, 0.25) is 0 Å². The Morgan fingerprint density at radius 3 is 2.71 bits per heavy atom. The van der Waals surface area contributed by atoms with Gasteiger partial charge in [0.15, 0.2) is 5.69 Å². The van der Waals surface area contributed by atoms with E-state index in [2.05, 4.69) is 4.98 Å². The number of alkyl halides is 2. The average molecular weight is 310 g/mol. The molecule has 1 rings (SSSR count). The number of rotatable bonds is 2. The second kappa shape index (κ2) is 4.50. The lowest BCUT2D eigenvalue weighted by Gasteiger charge is -2.07. The van der Waals surface area contributed by atoms with Crippen molar-refractivity contribution in [2.24, 2.45) is 0 Å². The number of ether oxygens (including phenoxy) is 1. The fourth-order valence-electron chi connectivity index (χ4n) is 0.885. The van der Waals surface area contributed by atoms with Crippen molar-refractivity contribution >= 4 is 22.6 Å². The van der Waals surface area contributed by atoms with Crippen molar-refractivity contribution in [3.05, 3.63) is 21.0 Å². The van der Waals surface area contributed by atoms with Gasteiger partial charge >= 0.3 is 0 Å². The predicted molar refractivity (Wildman–Crippen MR) is 53.2 cm³/mol. The molecule has 3 nitrogen and oxygen atoms in total. The van der Waals surface area contributed by atoms with Gasteiger partial charge in [-0.05, 0) is 28.7 Å². The van der Waals surface area contributed by atoms with E-state index in [0.29, 0.717) is 3.57 Å². The first kappa shape index (κ1) is 11.1. The number of pyridine rings is 1. The molecule has 0 N–H and O–H groups in total. The van der Waals surface area contributed by atoms with Crippen LogP contribution in [0.25, 0.3) is 0 Å². The van der Waals surface area contributed by atoms with E-state index in [1.165, 1.54) is 13.2 Å². The Kier molecular flexibility index (Phi) is 3.57. The smallest absolute Gasteiger partial charge is 0.284 e. The van der Waals surface area contributed by atoms with Gasteiger partial charge in [0.2, 0.25) is 0 Å². The highest BCUT2D eigenvalue weighted by atomic mass is 127. The highest BCUT2D eigenvalue weighted by molar-refractivity contribution is 14.1. The molecular formula is C8H5F2IN2O. The van der Waals surface area contributed by atoms with Crippen LogP contribution in [-0.2, 0) is 0 Å². The van der Waals surface area contributed by atoms with Gasteiger partial charge in [-0.15, -0.1) is 0 Å². The Hall–Kier alpha value is -0.970. The minimum atomic E-state index is -2.74. The second-order valence-corrected chi connectivity index (χ2v) is 3.48. The lowest BCUT2D eigenvalue weighted by Crippen LogP contribution is -2.00. The molecule has 0 atom stereocenters. The zero-order valence-corrected chi connectivity index (χ0v) is 9.25. The van der Waals surface area contributed by atoms with Gasteiger partial charge in [0.1, 0.15) is 17.5 Å². The zero-order valence-electron chi connectivity index (χ0n) is 7.09. The maximum absolute atomic E-state index is 12.4. The number of aromatic nitrogens is 1. The highest BCUT2D eigenvalue weighted by Crippen LogP contribution is 2.29. The lowest BCUT2D eigenvalue weighted by atomic mass is 10.3. The van der Waals surface area contributed by atoms with E-state index >= 15 is 0 Å². The first-order chi connectivity index (χ1) is 6.60. The third-order valence-corrected chi connectivity index (χ3v) is 2.32. The van der Waals surface area contributed by atoms with Crippen LogP contribution in [0.4, 0.5) is 8.78 Å². The molecular weight excluding hydrogens is 305 g/mol. The van der Waals surface area contributed by atoms with Gasteiger partial charge in [0.25, 0.3) is 6.43 Å². The third-order valence-electron chi connectivity index (χ3n) is 1.50. The van der Waals surface area contributed by atoms with Gasteiger partial charge in [-0.2, -0.15) is 5.26 Å². The summed E-state index contributed by atoms with van der Waals surface area (Å²) < 4.78 is 30.0. The molecule has 0 spiro atoms. The number of nitriles is 1. The summed E-state index contributed by atoms with van der Waals surface area (Å²) in [6, 6.07) is 3.10. The molecule has 0 radical (unpaired) electrons. The molecule has 0 aliphatic rings. The Labute approximate surface area is 92.8 Å². The maximum Gasteiger partial charge on any atom is 0.284 e. The topological polar surface area (TPSA) is 45.9 Å². The first-order valence-electron chi connectivity index (χ1n) is 3.52. The SMILES string of the molecule is COc1cc(I)c(C#N)nc1C(F)F. The molecule has 6 heteroatoms. The molecule has 0 saturated heterocycles. The molecule has 0 aliphatic carbocycles. The summed E-state index contributed by atoms with van der Waals surface area (Å²) in [6.45, 7) is 0. The lowest BCUT2D eigenvalue weighted by molar-refractivity contribution is 0.141.